The van der Waals surface area contributed by atoms with E-state index in [1.54, 1.807) is 6.20 Å². The van der Waals surface area contributed by atoms with Gasteiger partial charge in [-0.2, -0.15) is 5.11 Å². The highest BCUT2D eigenvalue weighted by atomic mass is 16.5. The molecule has 2 aliphatic heterocycles. The summed E-state index contributed by atoms with van der Waals surface area (Å²) in [6, 6.07) is 3.69. The zero-order valence-corrected chi connectivity index (χ0v) is 10.5. The van der Waals surface area contributed by atoms with Crippen molar-refractivity contribution in [1.29, 1.82) is 0 Å². The number of aromatic nitrogens is 1. The lowest BCUT2D eigenvalue weighted by Crippen LogP contribution is -2.43. The van der Waals surface area contributed by atoms with E-state index in [0.29, 0.717) is 25.6 Å². The van der Waals surface area contributed by atoms with Crippen LogP contribution < -0.4 is 5.32 Å². The van der Waals surface area contributed by atoms with E-state index in [-0.39, 0.29) is 5.91 Å². The quantitative estimate of drug-likeness (QED) is 0.865. The molecule has 7 nitrogen and oxygen atoms in total. The van der Waals surface area contributed by atoms with Crippen LogP contribution in [0.15, 0.2) is 28.6 Å². The molecule has 0 bridgehead atoms. The number of rotatable bonds is 3. The van der Waals surface area contributed by atoms with Gasteiger partial charge in [-0.15, -0.1) is 5.11 Å². The number of nitrogens with one attached hydrogen (secondary N) is 1. The summed E-state index contributed by atoms with van der Waals surface area (Å²) in [5.74, 6) is 0.529. The van der Waals surface area contributed by atoms with E-state index >= 15 is 0 Å². The van der Waals surface area contributed by atoms with E-state index in [1.165, 1.54) is 0 Å². The van der Waals surface area contributed by atoms with Gasteiger partial charge in [-0.3, -0.25) is 9.69 Å². The molecular formula is C12H15N5O2. The molecule has 1 atom stereocenters. The van der Waals surface area contributed by atoms with E-state index in [0.717, 1.165) is 18.7 Å². The van der Waals surface area contributed by atoms with Crippen molar-refractivity contribution in [1.82, 2.24) is 15.2 Å². The second kappa shape index (κ2) is 5.41. The van der Waals surface area contributed by atoms with Gasteiger partial charge in [0, 0.05) is 24.8 Å². The lowest BCUT2D eigenvalue weighted by Gasteiger charge is -2.26. The average molecular weight is 261 g/mol. The third-order valence-electron chi connectivity index (χ3n) is 3.15. The monoisotopic (exact) mass is 261 g/mol. The number of carbonyl (C=O) groups is 1. The van der Waals surface area contributed by atoms with E-state index in [2.05, 4.69) is 25.4 Å². The Kier molecular flexibility index (Phi) is 3.47. The molecule has 0 aromatic carbocycles. The van der Waals surface area contributed by atoms with Crippen LogP contribution in [0.1, 0.15) is 11.7 Å². The van der Waals surface area contributed by atoms with Crippen LogP contribution in [0.5, 0.6) is 0 Å². The molecule has 19 heavy (non-hydrogen) atoms. The lowest BCUT2D eigenvalue weighted by atomic mass is 10.2. The Morgan fingerprint density at radius 2 is 2.32 bits per heavy atom. The van der Waals surface area contributed by atoms with Crippen LogP contribution >= 0.6 is 0 Å². The van der Waals surface area contributed by atoms with Gasteiger partial charge in [-0.05, 0) is 12.1 Å². The maximum atomic E-state index is 12.0. The lowest BCUT2D eigenvalue weighted by molar-refractivity contribution is -0.123. The van der Waals surface area contributed by atoms with Crippen LogP contribution in [0.25, 0.3) is 0 Å². The van der Waals surface area contributed by atoms with Crippen molar-refractivity contribution < 1.29 is 9.53 Å². The summed E-state index contributed by atoms with van der Waals surface area (Å²) in [7, 11) is 0. The van der Waals surface area contributed by atoms with Crippen molar-refractivity contribution in [3.05, 3.63) is 23.9 Å². The first kappa shape index (κ1) is 12.2. The first-order chi connectivity index (χ1) is 9.33. The fourth-order valence-corrected chi connectivity index (χ4v) is 2.15. The van der Waals surface area contributed by atoms with Gasteiger partial charge in [-0.25, -0.2) is 4.98 Å². The Bertz CT molecular complexity index is 499. The molecule has 3 rings (SSSR count). The summed E-state index contributed by atoms with van der Waals surface area (Å²) in [6.07, 6.45) is 1.26. The Morgan fingerprint density at radius 1 is 1.47 bits per heavy atom. The number of ether oxygens (including phenoxy) is 1. The third-order valence-corrected chi connectivity index (χ3v) is 3.15. The molecule has 1 fully saturated rings. The number of pyridine rings is 1. The number of hydrogen-bond acceptors (Lipinski definition) is 6. The molecule has 0 radical (unpaired) electrons. The molecule has 1 N–H and O–H groups in total. The second-order valence-corrected chi connectivity index (χ2v) is 4.49. The molecular weight excluding hydrogens is 246 g/mol. The normalized spacial score (nSPS) is 22.2. The van der Waals surface area contributed by atoms with Crippen molar-refractivity contribution >= 4 is 11.7 Å². The fraction of sp³-hybridized carbons (Fsp3) is 0.500. The zero-order chi connectivity index (χ0) is 13.1. The number of morpholine rings is 1. The van der Waals surface area contributed by atoms with Crippen LogP contribution in [0.4, 0.5) is 5.82 Å². The number of azo groups is 1. The van der Waals surface area contributed by atoms with Crippen LogP contribution in [0.2, 0.25) is 0 Å². The Labute approximate surface area is 110 Å². The number of fused-ring (bicyclic) bond motifs is 1. The smallest absolute Gasteiger partial charge is 0.236 e. The first-order valence-corrected chi connectivity index (χ1v) is 6.28. The average Bonchev–Trinajstić information content (AvgIpc) is 2.83. The van der Waals surface area contributed by atoms with Crippen molar-refractivity contribution in [3.63, 3.8) is 0 Å². The van der Waals surface area contributed by atoms with Crippen molar-refractivity contribution in [2.24, 2.45) is 10.2 Å². The van der Waals surface area contributed by atoms with Crippen molar-refractivity contribution in [3.8, 4) is 0 Å². The number of amides is 1. The van der Waals surface area contributed by atoms with Crippen molar-refractivity contribution in [2.75, 3.05) is 32.8 Å². The van der Waals surface area contributed by atoms with Crippen LogP contribution in [0, 0.1) is 0 Å². The second-order valence-electron chi connectivity index (χ2n) is 4.49. The summed E-state index contributed by atoms with van der Waals surface area (Å²) >= 11 is 0. The predicted octanol–water partition coefficient (Wildman–Crippen LogP) is 0.626. The van der Waals surface area contributed by atoms with Gasteiger partial charge in [-0.1, -0.05) is 0 Å². The summed E-state index contributed by atoms with van der Waals surface area (Å²) in [6.45, 7) is 3.31. The van der Waals surface area contributed by atoms with Gasteiger partial charge < -0.3 is 10.1 Å². The number of nitrogens with zero attached hydrogens (tertiary/aromatic N) is 4. The minimum Gasteiger partial charge on any atom is -0.379 e. The van der Waals surface area contributed by atoms with Crippen LogP contribution in [-0.4, -0.2) is 48.6 Å². The maximum Gasteiger partial charge on any atom is 0.236 e. The molecule has 2 aliphatic rings. The van der Waals surface area contributed by atoms with Crippen LogP contribution in [0.3, 0.4) is 0 Å². The van der Waals surface area contributed by atoms with Crippen molar-refractivity contribution in [2.45, 2.75) is 6.17 Å². The van der Waals surface area contributed by atoms with Gasteiger partial charge >= 0.3 is 0 Å². The molecule has 1 amide bonds. The SMILES string of the molecule is O=C(CN1CCOCC1)N[C@H]1N=Nc2ncccc21. The topological polar surface area (TPSA) is 79.2 Å². The first-order valence-electron chi connectivity index (χ1n) is 6.28. The standard InChI is InChI=1S/C12H15N5O2/c18-10(8-17-4-6-19-7-5-17)14-12-9-2-1-3-13-11(9)15-16-12/h1-3,12H,4-8H2,(H,14,18)/t12-/m0/s1. The van der Waals surface area contributed by atoms with Gasteiger partial charge in [0.05, 0.1) is 19.8 Å². The van der Waals surface area contributed by atoms with E-state index in [1.807, 2.05) is 12.1 Å². The summed E-state index contributed by atoms with van der Waals surface area (Å²) in [5.41, 5.74) is 0.845. The maximum absolute atomic E-state index is 12.0. The van der Waals surface area contributed by atoms with Gasteiger partial charge in [0.15, 0.2) is 12.0 Å². The van der Waals surface area contributed by atoms with E-state index < -0.39 is 6.17 Å². The Balaban J connectivity index is 1.57. The molecule has 1 aromatic heterocycles. The molecule has 0 unspecified atom stereocenters. The summed E-state index contributed by atoms with van der Waals surface area (Å²) < 4.78 is 5.25. The van der Waals surface area contributed by atoms with E-state index in [9.17, 15) is 4.79 Å². The summed E-state index contributed by atoms with van der Waals surface area (Å²) in [4.78, 5) is 18.1. The summed E-state index contributed by atoms with van der Waals surface area (Å²) in [5, 5.41) is 10.8. The number of carbonyl (C=O) groups excluding carboxylic acids is 1. The molecule has 100 valence electrons. The van der Waals surface area contributed by atoms with Gasteiger partial charge in [0.1, 0.15) is 0 Å². The number of hydrogen-bond donors (Lipinski definition) is 1. The Hall–Kier alpha value is -1.86. The fourth-order valence-electron chi connectivity index (χ4n) is 2.15. The molecule has 0 spiro atoms. The Morgan fingerprint density at radius 3 is 3.16 bits per heavy atom. The minimum absolute atomic E-state index is 0.0532. The third kappa shape index (κ3) is 2.77. The minimum atomic E-state index is -0.405. The zero-order valence-electron chi connectivity index (χ0n) is 10.5. The van der Waals surface area contributed by atoms with E-state index in [4.69, 9.17) is 4.74 Å². The predicted molar refractivity (Wildman–Crippen MR) is 66.9 cm³/mol. The molecule has 3 heterocycles. The highest BCUT2D eigenvalue weighted by Gasteiger charge is 2.23. The molecule has 1 saturated heterocycles. The van der Waals surface area contributed by atoms with Gasteiger partial charge in [0.2, 0.25) is 5.91 Å². The molecule has 1 aromatic rings. The van der Waals surface area contributed by atoms with Crippen LogP contribution in [-0.2, 0) is 9.53 Å². The molecule has 0 saturated carbocycles. The highest BCUT2D eigenvalue weighted by molar-refractivity contribution is 5.78. The molecule has 7 heteroatoms. The largest absolute Gasteiger partial charge is 0.379 e. The highest BCUT2D eigenvalue weighted by Crippen LogP contribution is 2.31. The van der Waals surface area contributed by atoms with Gasteiger partial charge in [0.25, 0.3) is 0 Å². The molecule has 0 aliphatic carbocycles.